The number of aromatic nitrogens is 2. The number of carbonyl (C=O) groups excluding carboxylic acids is 1. The number of carbonyl (C=O) groups is 1. The molecule has 0 spiro atoms. The molecule has 1 aliphatic heterocycles. The fourth-order valence-corrected chi connectivity index (χ4v) is 3.55. The molecule has 3 rings (SSSR count). The van der Waals surface area contributed by atoms with Gasteiger partial charge in [0.25, 0.3) is 5.88 Å². The second kappa shape index (κ2) is 8.48. The van der Waals surface area contributed by atoms with E-state index in [1.54, 1.807) is 31.6 Å². The predicted octanol–water partition coefficient (Wildman–Crippen LogP) is 2.10. The number of piperidine rings is 1. The van der Waals surface area contributed by atoms with Crippen molar-refractivity contribution in [1.29, 1.82) is 0 Å². The van der Waals surface area contributed by atoms with Crippen LogP contribution in [0.4, 0.5) is 0 Å². The monoisotopic (exact) mass is 375 g/mol. The van der Waals surface area contributed by atoms with Crippen molar-refractivity contribution in [2.45, 2.75) is 18.9 Å². The highest BCUT2D eigenvalue weighted by Crippen LogP contribution is 2.30. The van der Waals surface area contributed by atoms with E-state index >= 15 is 0 Å². The molecule has 1 aromatic heterocycles. The maximum atomic E-state index is 11.5. The molecule has 1 atom stereocenters. The van der Waals surface area contributed by atoms with Crippen LogP contribution in [0.15, 0.2) is 30.3 Å². The predicted molar refractivity (Wildman–Crippen MR) is 98.7 cm³/mol. The zero-order valence-corrected chi connectivity index (χ0v) is 15.6. The van der Waals surface area contributed by atoms with Crippen LogP contribution < -0.4 is 9.47 Å². The molecule has 26 heavy (non-hydrogen) atoms. The largest absolute Gasteiger partial charge is 0.598 e. The first-order chi connectivity index (χ1) is 12.6. The van der Waals surface area contributed by atoms with Crippen LogP contribution in [-0.4, -0.2) is 57.9 Å². The molecule has 1 aromatic carbocycles. The Balaban J connectivity index is 1.71. The van der Waals surface area contributed by atoms with Crippen LogP contribution in [0, 0.1) is 0 Å². The third-order valence-electron chi connectivity index (χ3n) is 4.33. The van der Waals surface area contributed by atoms with Crippen LogP contribution in [0.1, 0.15) is 23.2 Å². The topological polar surface area (TPSA) is 87.6 Å². The smallest absolute Gasteiger partial charge is 0.276 e. The Morgan fingerprint density at radius 1 is 1.23 bits per heavy atom. The minimum atomic E-state index is -0.943. The minimum Gasteiger partial charge on any atom is -0.598 e. The summed E-state index contributed by atoms with van der Waals surface area (Å²) in [7, 11) is 1.56. The lowest BCUT2D eigenvalue weighted by Crippen LogP contribution is -2.41. The molecule has 1 unspecified atom stereocenters. The number of hydrogen-bond donors (Lipinski definition) is 0. The van der Waals surface area contributed by atoms with E-state index in [4.69, 9.17) is 9.47 Å². The highest BCUT2D eigenvalue weighted by molar-refractivity contribution is 7.88. The first-order valence-corrected chi connectivity index (χ1v) is 9.84. The molecule has 0 saturated carbocycles. The lowest BCUT2D eigenvalue weighted by atomic mass is 10.1. The summed E-state index contributed by atoms with van der Waals surface area (Å²) in [5.41, 5.74) is 2.09. The van der Waals surface area contributed by atoms with Crippen LogP contribution >= 0.6 is 0 Å². The molecule has 0 amide bonds. The number of rotatable bonds is 6. The second-order valence-electron chi connectivity index (χ2n) is 6.01. The molecular weight excluding hydrogens is 354 g/mol. The van der Waals surface area contributed by atoms with Crippen molar-refractivity contribution in [2.75, 3.05) is 26.5 Å². The average molecular weight is 375 g/mol. The van der Waals surface area contributed by atoms with E-state index in [1.807, 2.05) is 16.4 Å². The van der Waals surface area contributed by atoms with Crippen molar-refractivity contribution < 1.29 is 18.8 Å². The van der Waals surface area contributed by atoms with E-state index in [2.05, 4.69) is 10.2 Å². The van der Waals surface area contributed by atoms with Gasteiger partial charge >= 0.3 is 0 Å². The minimum absolute atomic E-state index is 0.00396. The van der Waals surface area contributed by atoms with Gasteiger partial charge in [-0.3, -0.25) is 4.79 Å². The highest BCUT2D eigenvalue weighted by atomic mass is 32.2. The van der Waals surface area contributed by atoms with Gasteiger partial charge in [-0.1, -0.05) is 24.3 Å². The van der Waals surface area contributed by atoms with E-state index < -0.39 is 11.4 Å². The van der Waals surface area contributed by atoms with E-state index in [0.29, 0.717) is 22.9 Å². The van der Waals surface area contributed by atoms with Crippen LogP contribution in [-0.2, 0) is 11.4 Å². The average Bonchev–Trinajstić information content (AvgIpc) is 2.69. The normalized spacial score (nSPS) is 16.9. The number of ether oxygens (including phenoxy) is 2. The third kappa shape index (κ3) is 4.32. The van der Waals surface area contributed by atoms with E-state index in [0.717, 1.165) is 37.8 Å². The Bertz CT molecular complexity index is 747. The SMILES string of the molecule is COc1cc(-c2ccc(C=O)cc2)nnc1OC1CCN([S+](C)[O-])CC1. The Hall–Kier alpha value is -2.16. The summed E-state index contributed by atoms with van der Waals surface area (Å²) in [6, 6.07) is 8.86. The lowest BCUT2D eigenvalue weighted by Gasteiger charge is -2.30. The van der Waals surface area contributed by atoms with Crippen molar-refractivity contribution in [3.8, 4) is 22.9 Å². The van der Waals surface area contributed by atoms with Gasteiger partial charge in [0.05, 0.1) is 12.8 Å². The molecular formula is C18H21N3O4S. The summed E-state index contributed by atoms with van der Waals surface area (Å²) in [6.07, 6.45) is 4.04. The first kappa shape index (κ1) is 18.6. The zero-order chi connectivity index (χ0) is 18.5. The van der Waals surface area contributed by atoms with Gasteiger partial charge in [-0.05, 0) is 0 Å². The Morgan fingerprint density at radius 2 is 1.92 bits per heavy atom. The van der Waals surface area contributed by atoms with Crippen molar-refractivity contribution in [3.05, 3.63) is 35.9 Å². The third-order valence-corrected chi connectivity index (χ3v) is 5.42. The van der Waals surface area contributed by atoms with E-state index in [-0.39, 0.29) is 6.10 Å². The Morgan fingerprint density at radius 3 is 2.50 bits per heavy atom. The fourth-order valence-electron chi connectivity index (χ4n) is 2.83. The fraction of sp³-hybridized carbons (Fsp3) is 0.389. The first-order valence-electron chi connectivity index (χ1n) is 8.33. The van der Waals surface area contributed by atoms with Crippen molar-refractivity contribution in [1.82, 2.24) is 14.5 Å². The summed E-state index contributed by atoms with van der Waals surface area (Å²) in [5.74, 6) is 0.868. The number of nitrogens with zero attached hydrogens (tertiary/aromatic N) is 3. The van der Waals surface area contributed by atoms with Gasteiger partial charge in [0.15, 0.2) is 5.75 Å². The standard InChI is InChI=1S/C18H21N3O4S/c1-24-17-11-16(14-5-3-13(12-22)4-6-14)19-20-18(17)25-15-7-9-21(10-8-15)26(2)23/h3-6,11-12,15H,7-10H2,1-2H3. The summed E-state index contributed by atoms with van der Waals surface area (Å²) in [4.78, 5) is 10.8. The second-order valence-corrected chi connectivity index (χ2v) is 7.38. The van der Waals surface area contributed by atoms with Crippen LogP contribution in [0.3, 0.4) is 0 Å². The zero-order valence-electron chi connectivity index (χ0n) is 14.8. The molecule has 0 N–H and O–H groups in total. The van der Waals surface area contributed by atoms with Crippen LogP contribution in [0.2, 0.25) is 0 Å². The van der Waals surface area contributed by atoms with Gasteiger partial charge < -0.3 is 14.0 Å². The van der Waals surface area contributed by atoms with Crippen LogP contribution in [0.25, 0.3) is 11.3 Å². The van der Waals surface area contributed by atoms with Gasteiger partial charge in [-0.15, -0.1) is 14.5 Å². The molecule has 0 aliphatic carbocycles. The summed E-state index contributed by atoms with van der Waals surface area (Å²) in [6.45, 7) is 1.45. The Labute approximate surface area is 155 Å². The van der Waals surface area contributed by atoms with E-state index in [1.165, 1.54) is 0 Å². The van der Waals surface area contributed by atoms with Crippen molar-refractivity contribution in [2.24, 2.45) is 0 Å². The van der Waals surface area contributed by atoms with E-state index in [9.17, 15) is 9.35 Å². The molecule has 1 aliphatic rings. The maximum Gasteiger partial charge on any atom is 0.276 e. The molecule has 1 fully saturated rings. The quantitative estimate of drug-likeness (QED) is 0.564. The summed E-state index contributed by atoms with van der Waals surface area (Å²) >= 11 is -0.943. The van der Waals surface area contributed by atoms with Crippen molar-refractivity contribution in [3.63, 3.8) is 0 Å². The molecule has 0 radical (unpaired) electrons. The highest BCUT2D eigenvalue weighted by Gasteiger charge is 2.27. The molecule has 2 aromatic rings. The molecule has 1 saturated heterocycles. The maximum absolute atomic E-state index is 11.5. The Kier molecular flexibility index (Phi) is 6.08. The summed E-state index contributed by atoms with van der Waals surface area (Å²) in [5, 5.41) is 8.40. The molecule has 2 heterocycles. The van der Waals surface area contributed by atoms with Gasteiger partial charge in [-0.25, -0.2) is 0 Å². The van der Waals surface area contributed by atoms with Gasteiger partial charge in [0.1, 0.15) is 18.6 Å². The van der Waals surface area contributed by atoms with Gasteiger partial charge in [-0.2, -0.15) is 0 Å². The number of benzene rings is 1. The number of hydrogen-bond acceptors (Lipinski definition) is 7. The number of aldehydes is 1. The molecule has 7 nitrogen and oxygen atoms in total. The van der Waals surface area contributed by atoms with Gasteiger partial charge in [0.2, 0.25) is 0 Å². The van der Waals surface area contributed by atoms with Gasteiger partial charge in [0, 0.05) is 54.5 Å². The molecule has 138 valence electrons. The molecule has 0 bridgehead atoms. The lowest BCUT2D eigenvalue weighted by molar-refractivity contribution is 0.112. The molecule has 8 heteroatoms. The number of methoxy groups -OCH3 is 1. The summed E-state index contributed by atoms with van der Waals surface area (Å²) < 4.78 is 24.8. The van der Waals surface area contributed by atoms with Crippen LogP contribution in [0.5, 0.6) is 11.6 Å². The van der Waals surface area contributed by atoms with Crippen molar-refractivity contribution >= 4 is 17.6 Å².